The molecule has 0 radical (unpaired) electrons. The number of fused-ring (bicyclic) bond motifs is 2. The first kappa shape index (κ1) is 14.5. The largest absolute Gasteiger partial charge is 0.0842 e. The molecule has 0 heteroatoms. The lowest BCUT2D eigenvalue weighted by molar-refractivity contribution is 0.863. The highest BCUT2D eigenvalue weighted by molar-refractivity contribution is 5.97. The Morgan fingerprint density at radius 1 is 0.870 bits per heavy atom. The Bertz CT molecular complexity index is 936. The number of hydrogen-bond donors (Lipinski definition) is 0. The molecule has 23 heavy (non-hydrogen) atoms. The third kappa shape index (κ3) is 2.37. The Hall–Kier alpha value is -2.08. The fourth-order valence-electron chi connectivity index (χ4n) is 4.17. The zero-order chi connectivity index (χ0) is 15.8. The second-order valence-corrected chi connectivity index (χ2v) is 6.96. The van der Waals surface area contributed by atoms with Gasteiger partial charge in [0.25, 0.3) is 0 Å². The minimum Gasteiger partial charge on any atom is -0.0842 e. The lowest BCUT2D eigenvalue weighted by Gasteiger charge is -2.21. The van der Waals surface area contributed by atoms with Crippen LogP contribution < -0.4 is 10.4 Å². The van der Waals surface area contributed by atoms with Crippen LogP contribution in [0.1, 0.15) is 56.6 Å². The molecule has 0 fully saturated rings. The summed E-state index contributed by atoms with van der Waals surface area (Å²) in [5.74, 6) is 0.547. The van der Waals surface area contributed by atoms with Gasteiger partial charge in [-0.05, 0) is 69.5 Å². The summed E-state index contributed by atoms with van der Waals surface area (Å²) >= 11 is 0. The second kappa shape index (κ2) is 5.85. The summed E-state index contributed by atoms with van der Waals surface area (Å²) in [7, 11) is 0. The van der Waals surface area contributed by atoms with Gasteiger partial charge in [0, 0.05) is 0 Å². The summed E-state index contributed by atoms with van der Waals surface area (Å²) < 4.78 is 0. The molecule has 0 saturated carbocycles. The predicted octanol–water partition coefficient (Wildman–Crippen LogP) is 5.05. The second-order valence-electron chi connectivity index (χ2n) is 6.96. The Labute approximate surface area is 138 Å². The average molecular weight is 300 g/mol. The maximum Gasteiger partial charge on any atom is -0.00703 e. The zero-order valence-corrected chi connectivity index (χ0v) is 14.1. The molecule has 0 bridgehead atoms. The van der Waals surface area contributed by atoms with Gasteiger partial charge in [-0.15, -0.1) is 0 Å². The van der Waals surface area contributed by atoms with Gasteiger partial charge in [0.05, 0.1) is 0 Å². The van der Waals surface area contributed by atoms with Crippen molar-refractivity contribution in [3.05, 3.63) is 64.1 Å². The zero-order valence-electron chi connectivity index (χ0n) is 14.1. The SMILES string of the molecule is CC(C)c1c2c(c(C3=CC=CCC3)c3ccccc13)=CCCC=2. The highest BCUT2D eigenvalue weighted by Gasteiger charge is 2.17. The first-order valence-corrected chi connectivity index (χ1v) is 8.88. The van der Waals surface area contributed by atoms with Gasteiger partial charge in [-0.2, -0.15) is 0 Å². The smallest absolute Gasteiger partial charge is 0.00703 e. The van der Waals surface area contributed by atoms with E-state index in [0.29, 0.717) is 5.92 Å². The minimum atomic E-state index is 0.547. The van der Waals surface area contributed by atoms with Gasteiger partial charge in [0.2, 0.25) is 0 Å². The minimum absolute atomic E-state index is 0.547. The van der Waals surface area contributed by atoms with Crippen LogP contribution in [0.3, 0.4) is 0 Å². The van der Waals surface area contributed by atoms with E-state index in [1.165, 1.54) is 50.8 Å². The Morgan fingerprint density at radius 3 is 2.30 bits per heavy atom. The van der Waals surface area contributed by atoms with Gasteiger partial charge < -0.3 is 0 Å². The molecule has 0 unspecified atom stereocenters. The first-order valence-electron chi connectivity index (χ1n) is 8.88. The van der Waals surface area contributed by atoms with Crippen molar-refractivity contribution >= 4 is 28.5 Å². The summed E-state index contributed by atoms with van der Waals surface area (Å²) in [5.41, 5.74) is 4.52. The van der Waals surface area contributed by atoms with Crippen LogP contribution in [0.15, 0.2) is 42.5 Å². The molecule has 0 aromatic heterocycles. The predicted molar refractivity (Wildman–Crippen MR) is 102 cm³/mol. The molecule has 0 N–H and O–H groups in total. The lowest BCUT2D eigenvalue weighted by Crippen LogP contribution is -2.35. The van der Waals surface area contributed by atoms with Gasteiger partial charge in [-0.3, -0.25) is 0 Å². The van der Waals surface area contributed by atoms with E-state index in [2.05, 4.69) is 68.5 Å². The number of hydrogen-bond acceptors (Lipinski definition) is 0. The van der Waals surface area contributed by atoms with E-state index in [9.17, 15) is 0 Å². The fraction of sp³-hybridized carbons (Fsp3) is 0.304. The first-order chi connectivity index (χ1) is 11.3. The molecule has 4 rings (SSSR count). The van der Waals surface area contributed by atoms with Crippen LogP contribution in [-0.4, -0.2) is 0 Å². The van der Waals surface area contributed by atoms with Crippen LogP contribution in [-0.2, 0) is 0 Å². The molecule has 0 heterocycles. The number of rotatable bonds is 2. The van der Waals surface area contributed by atoms with Crippen LogP contribution in [0.2, 0.25) is 0 Å². The van der Waals surface area contributed by atoms with Crippen LogP contribution in [0.25, 0.3) is 28.5 Å². The molecule has 0 nitrogen and oxygen atoms in total. The van der Waals surface area contributed by atoms with E-state index < -0.39 is 0 Å². The van der Waals surface area contributed by atoms with E-state index in [4.69, 9.17) is 0 Å². The highest BCUT2D eigenvalue weighted by atomic mass is 14.2. The Kier molecular flexibility index (Phi) is 3.69. The van der Waals surface area contributed by atoms with Crippen molar-refractivity contribution in [3.63, 3.8) is 0 Å². The summed E-state index contributed by atoms with van der Waals surface area (Å²) in [6.07, 6.45) is 16.4. The molecule has 2 aliphatic carbocycles. The highest BCUT2D eigenvalue weighted by Crippen LogP contribution is 2.30. The van der Waals surface area contributed by atoms with E-state index in [-0.39, 0.29) is 0 Å². The summed E-state index contributed by atoms with van der Waals surface area (Å²) in [5, 5.41) is 5.86. The molecule has 0 aliphatic heterocycles. The van der Waals surface area contributed by atoms with Gasteiger partial charge in [-0.25, -0.2) is 0 Å². The molecule has 2 aliphatic rings. The molecule has 2 aromatic rings. The van der Waals surface area contributed by atoms with E-state index in [0.717, 1.165) is 12.8 Å². The van der Waals surface area contributed by atoms with Crippen LogP contribution >= 0.6 is 0 Å². The van der Waals surface area contributed by atoms with E-state index >= 15 is 0 Å². The van der Waals surface area contributed by atoms with Gasteiger partial charge in [0.15, 0.2) is 0 Å². The topological polar surface area (TPSA) is 0 Å². The monoisotopic (exact) mass is 300 g/mol. The van der Waals surface area contributed by atoms with Crippen molar-refractivity contribution in [3.8, 4) is 0 Å². The van der Waals surface area contributed by atoms with Crippen molar-refractivity contribution in [2.45, 2.75) is 45.4 Å². The van der Waals surface area contributed by atoms with Crippen LogP contribution in [0, 0.1) is 0 Å². The Morgan fingerprint density at radius 2 is 1.61 bits per heavy atom. The van der Waals surface area contributed by atoms with Crippen LogP contribution in [0.5, 0.6) is 0 Å². The summed E-state index contributed by atoms with van der Waals surface area (Å²) in [6, 6.07) is 9.01. The molecule has 0 saturated heterocycles. The Balaban J connectivity index is 2.22. The maximum absolute atomic E-state index is 2.47. The molecule has 116 valence electrons. The average Bonchev–Trinajstić information content (AvgIpc) is 2.59. The molecular formula is C23H24. The standard InChI is InChI=1S/C23H24/c1-16(2)22-18-12-6-8-14-20(18)23(17-10-4-3-5-11-17)21-15-9-7-13-19(21)22/h3-4,6,8,10,12-16H,5,7,9,11H2,1-2H3. The lowest BCUT2D eigenvalue weighted by atomic mass is 9.83. The quantitative estimate of drug-likeness (QED) is 0.728. The van der Waals surface area contributed by atoms with Crippen molar-refractivity contribution in [2.24, 2.45) is 0 Å². The third-order valence-corrected chi connectivity index (χ3v) is 5.11. The van der Waals surface area contributed by atoms with E-state index in [1.54, 1.807) is 0 Å². The van der Waals surface area contributed by atoms with Crippen LogP contribution in [0.4, 0.5) is 0 Å². The number of allylic oxidation sites excluding steroid dienone is 4. The van der Waals surface area contributed by atoms with Gasteiger partial charge in [0.1, 0.15) is 0 Å². The molecular weight excluding hydrogens is 276 g/mol. The van der Waals surface area contributed by atoms with Gasteiger partial charge >= 0.3 is 0 Å². The normalized spacial score (nSPS) is 16.7. The molecule has 0 amide bonds. The third-order valence-electron chi connectivity index (χ3n) is 5.11. The van der Waals surface area contributed by atoms with Crippen molar-refractivity contribution in [2.75, 3.05) is 0 Å². The van der Waals surface area contributed by atoms with Crippen molar-refractivity contribution in [1.82, 2.24) is 0 Å². The number of benzene rings is 2. The summed E-state index contributed by atoms with van der Waals surface area (Å²) in [6.45, 7) is 4.65. The van der Waals surface area contributed by atoms with Crippen molar-refractivity contribution in [1.29, 1.82) is 0 Å². The maximum atomic E-state index is 2.47. The van der Waals surface area contributed by atoms with Gasteiger partial charge in [-0.1, -0.05) is 68.5 Å². The van der Waals surface area contributed by atoms with E-state index in [1.807, 2.05) is 0 Å². The molecule has 0 atom stereocenters. The summed E-state index contributed by atoms with van der Waals surface area (Å²) in [4.78, 5) is 0. The molecule has 2 aromatic carbocycles. The van der Waals surface area contributed by atoms with Crippen molar-refractivity contribution < 1.29 is 0 Å². The molecule has 0 spiro atoms. The fourth-order valence-corrected chi connectivity index (χ4v) is 4.17.